The number of anilines is 1. The molecule has 4 rings (SSSR count). The van der Waals surface area contributed by atoms with Crippen molar-refractivity contribution < 1.29 is 9.53 Å². The summed E-state index contributed by atoms with van der Waals surface area (Å²) in [7, 11) is 1.57. The van der Waals surface area contributed by atoms with Crippen LogP contribution in [0.25, 0.3) is 21.8 Å². The minimum Gasteiger partial charge on any atom is -0.496 e. The number of nitrogens with zero attached hydrogens (tertiary/aromatic N) is 2. The van der Waals surface area contributed by atoms with Crippen molar-refractivity contribution in [1.82, 2.24) is 8.75 Å². The number of amides is 1. The Morgan fingerprint density at radius 3 is 2.60 bits per heavy atom. The minimum absolute atomic E-state index is 0.230. The predicted octanol–water partition coefficient (Wildman–Crippen LogP) is 4.41. The fourth-order valence-corrected chi connectivity index (χ4v) is 3.40. The van der Waals surface area contributed by atoms with Crippen LogP contribution in [0.3, 0.4) is 0 Å². The summed E-state index contributed by atoms with van der Waals surface area (Å²) in [6.45, 7) is 1.94. The van der Waals surface area contributed by atoms with Crippen molar-refractivity contribution in [2.24, 2.45) is 0 Å². The molecule has 0 unspecified atom stereocenters. The van der Waals surface area contributed by atoms with Crippen LogP contribution in [0.15, 0.2) is 48.5 Å². The summed E-state index contributed by atoms with van der Waals surface area (Å²) < 4.78 is 14.0. The molecule has 0 aliphatic carbocycles. The first-order chi connectivity index (χ1) is 12.2. The molecule has 0 bridgehead atoms. The van der Waals surface area contributed by atoms with Gasteiger partial charge in [-0.2, -0.15) is 8.75 Å². The quantitative estimate of drug-likeness (QED) is 0.595. The van der Waals surface area contributed by atoms with E-state index in [0.717, 1.165) is 33.6 Å². The lowest BCUT2D eigenvalue weighted by Crippen LogP contribution is -2.14. The number of ether oxygens (including phenoxy) is 1. The number of methoxy groups -OCH3 is 1. The van der Waals surface area contributed by atoms with Crippen LogP contribution in [-0.4, -0.2) is 21.8 Å². The van der Waals surface area contributed by atoms with Gasteiger partial charge in [-0.1, -0.05) is 30.3 Å². The third kappa shape index (κ3) is 2.70. The second-order valence-electron chi connectivity index (χ2n) is 5.74. The first kappa shape index (κ1) is 15.5. The zero-order chi connectivity index (χ0) is 17.4. The first-order valence-electron chi connectivity index (χ1n) is 7.77. The highest BCUT2D eigenvalue weighted by atomic mass is 32.1. The van der Waals surface area contributed by atoms with E-state index in [4.69, 9.17) is 4.74 Å². The number of nitrogens with one attached hydrogen (secondary N) is 1. The largest absolute Gasteiger partial charge is 0.496 e. The molecule has 0 spiro atoms. The van der Waals surface area contributed by atoms with Gasteiger partial charge in [-0.05, 0) is 41.5 Å². The molecule has 0 saturated heterocycles. The van der Waals surface area contributed by atoms with Crippen molar-refractivity contribution >= 4 is 45.1 Å². The maximum Gasteiger partial charge on any atom is 0.259 e. The molecule has 3 aromatic carbocycles. The van der Waals surface area contributed by atoms with Gasteiger partial charge >= 0.3 is 0 Å². The van der Waals surface area contributed by atoms with Gasteiger partial charge in [0.2, 0.25) is 0 Å². The highest BCUT2D eigenvalue weighted by molar-refractivity contribution is 7.00. The van der Waals surface area contributed by atoms with Crippen LogP contribution in [0.4, 0.5) is 5.69 Å². The van der Waals surface area contributed by atoms with Crippen molar-refractivity contribution in [1.29, 1.82) is 0 Å². The van der Waals surface area contributed by atoms with Gasteiger partial charge in [0.1, 0.15) is 16.8 Å². The molecule has 0 aliphatic rings. The van der Waals surface area contributed by atoms with Gasteiger partial charge in [0.05, 0.1) is 30.1 Å². The molecular weight excluding hydrogens is 334 g/mol. The highest BCUT2D eigenvalue weighted by Crippen LogP contribution is 2.29. The van der Waals surface area contributed by atoms with Gasteiger partial charge in [0.25, 0.3) is 5.91 Å². The standard InChI is InChI=1S/C19H15N3O2S/c1-11-7-8-15-18(22-25-21-15)17(11)20-19(23)14-9-12-5-3-4-6-13(12)10-16(14)24-2/h3-10H,1-2H3,(H,20,23). The molecule has 0 atom stereocenters. The maximum absolute atomic E-state index is 12.9. The molecule has 1 heterocycles. The first-order valence-corrected chi connectivity index (χ1v) is 8.50. The number of carbonyl (C=O) groups is 1. The smallest absolute Gasteiger partial charge is 0.259 e. The molecule has 25 heavy (non-hydrogen) atoms. The minimum atomic E-state index is -0.230. The van der Waals surface area contributed by atoms with E-state index in [1.807, 2.05) is 55.5 Å². The molecule has 0 aliphatic heterocycles. The Balaban J connectivity index is 1.79. The topological polar surface area (TPSA) is 64.1 Å². The van der Waals surface area contributed by atoms with Gasteiger partial charge in [0.15, 0.2) is 0 Å². The Bertz CT molecular complexity index is 1100. The lowest BCUT2D eigenvalue weighted by atomic mass is 10.0. The van der Waals surface area contributed by atoms with E-state index >= 15 is 0 Å². The van der Waals surface area contributed by atoms with E-state index in [2.05, 4.69) is 14.1 Å². The van der Waals surface area contributed by atoms with Crippen LogP contribution in [0.1, 0.15) is 15.9 Å². The molecule has 0 fully saturated rings. The lowest BCUT2D eigenvalue weighted by Gasteiger charge is -2.12. The van der Waals surface area contributed by atoms with Crippen molar-refractivity contribution in [3.05, 3.63) is 59.7 Å². The SMILES string of the molecule is COc1cc2ccccc2cc1C(=O)Nc1c(C)ccc2nsnc12. The monoisotopic (exact) mass is 349 g/mol. The number of benzene rings is 3. The number of carbonyl (C=O) groups excluding carboxylic acids is 1. The number of aromatic nitrogens is 2. The van der Waals surface area contributed by atoms with Crippen LogP contribution < -0.4 is 10.1 Å². The summed E-state index contributed by atoms with van der Waals surface area (Å²) in [5.41, 5.74) is 3.59. The number of hydrogen-bond acceptors (Lipinski definition) is 5. The Morgan fingerprint density at radius 1 is 1.08 bits per heavy atom. The number of fused-ring (bicyclic) bond motifs is 2. The Morgan fingerprint density at radius 2 is 1.84 bits per heavy atom. The molecule has 4 aromatic rings. The predicted molar refractivity (Wildman–Crippen MR) is 101 cm³/mol. The normalized spacial score (nSPS) is 11.0. The lowest BCUT2D eigenvalue weighted by molar-refractivity contribution is 0.102. The van der Waals surface area contributed by atoms with Crippen molar-refractivity contribution in [3.8, 4) is 5.75 Å². The van der Waals surface area contributed by atoms with Crippen LogP contribution in [0.5, 0.6) is 5.75 Å². The van der Waals surface area contributed by atoms with Crippen LogP contribution >= 0.6 is 11.7 Å². The summed E-state index contributed by atoms with van der Waals surface area (Å²) in [6, 6.07) is 15.4. The van der Waals surface area contributed by atoms with Crippen LogP contribution in [-0.2, 0) is 0 Å². The fourth-order valence-electron chi connectivity index (χ4n) is 2.86. The second-order valence-corrected chi connectivity index (χ2v) is 6.27. The summed E-state index contributed by atoms with van der Waals surface area (Å²) >= 11 is 1.13. The van der Waals surface area contributed by atoms with E-state index in [1.54, 1.807) is 7.11 Å². The van der Waals surface area contributed by atoms with Gasteiger partial charge in [-0.3, -0.25) is 4.79 Å². The number of aryl methyl sites for hydroxylation is 1. The van der Waals surface area contributed by atoms with Crippen molar-refractivity contribution in [2.75, 3.05) is 12.4 Å². The maximum atomic E-state index is 12.9. The average molecular weight is 349 g/mol. The summed E-state index contributed by atoms with van der Waals surface area (Å²) in [6.07, 6.45) is 0. The molecular formula is C19H15N3O2S. The van der Waals surface area contributed by atoms with E-state index in [9.17, 15) is 4.79 Å². The molecule has 124 valence electrons. The molecule has 1 aromatic heterocycles. The van der Waals surface area contributed by atoms with Gasteiger partial charge in [0, 0.05) is 0 Å². The van der Waals surface area contributed by atoms with E-state index in [-0.39, 0.29) is 5.91 Å². The van der Waals surface area contributed by atoms with E-state index in [1.165, 1.54) is 0 Å². The summed E-state index contributed by atoms with van der Waals surface area (Å²) in [5.74, 6) is 0.309. The molecule has 6 heteroatoms. The zero-order valence-electron chi connectivity index (χ0n) is 13.7. The Labute approximate surface area is 148 Å². The van der Waals surface area contributed by atoms with Crippen LogP contribution in [0.2, 0.25) is 0 Å². The average Bonchev–Trinajstić information content (AvgIpc) is 3.11. The molecule has 1 N–H and O–H groups in total. The van der Waals surface area contributed by atoms with Gasteiger partial charge in [-0.25, -0.2) is 0 Å². The highest BCUT2D eigenvalue weighted by Gasteiger charge is 2.17. The number of hydrogen-bond donors (Lipinski definition) is 1. The van der Waals surface area contributed by atoms with Crippen molar-refractivity contribution in [2.45, 2.75) is 6.92 Å². The summed E-state index contributed by atoms with van der Waals surface area (Å²) in [5, 5.41) is 4.99. The molecule has 0 radical (unpaired) electrons. The zero-order valence-corrected chi connectivity index (χ0v) is 14.6. The second kappa shape index (κ2) is 6.14. The van der Waals surface area contributed by atoms with Gasteiger partial charge in [-0.15, -0.1) is 0 Å². The Hall–Kier alpha value is -2.99. The van der Waals surface area contributed by atoms with E-state index in [0.29, 0.717) is 22.5 Å². The molecule has 1 amide bonds. The number of rotatable bonds is 3. The van der Waals surface area contributed by atoms with Crippen molar-refractivity contribution in [3.63, 3.8) is 0 Å². The Kier molecular flexibility index (Phi) is 3.82. The molecule has 0 saturated carbocycles. The third-order valence-corrected chi connectivity index (χ3v) is 4.73. The fraction of sp³-hybridized carbons (Fsp3) is 0.105. The van der Waals surface area contributed by atoms with Gasteiger partial charge < -0.3 is 10.1 Å². The van der Waals surface area contributed by atoms with Crippen LogP contribution in [0, 0.1) is 6.92 Å². The summed E-state index contributed by atoms with van der Waals surface area (Å²) in [4.78, 5) is 12.9. The third-order valence-electron chi connectivity index (χ3n) is 4.19. The molecule has 5 nitrogen and oxygen atoms in total. The van der Waals surface area contributed by atoms with E-state index < -0.39 is 0 Å².